The summed E-state index contributed by atoms with van der Waals surface area (Å²) >= 11 is 0. The van der Waals surface area contributed by atoms with E-state index in [1.54, 1.807) is 14.2 Å². The van der Waals surface area contributed by atoms with E-state index in [1.807, 2.05) is 25.1 Å². The van der Waals surface area contributed by atoms with E-state index in [9.17, 15) is 18.4 Å². The number of carbonyl (C=O) groups excluding carboxylic acids is 2. The smallest absolute Gasteiger partial charge is 0.237 e. The minimum Gasteiger partial charge on any atom is -0.491 e. The highest BCUT2D eigenvalue weighted by Gasteiger charge is 2.44. The molecule has 0 aliphatic carbocycles. The first kappa shape index (κ1) is 21.7. The molecular weight excluding hydrogens is 394 g/mol. The summed E-state index contributed by atoms with van der Waals surface area (Å²) < 4.78 is 38.2. The van der Waals surface area contributed by atoms with Crippen LogP contribution in [-0.4, -0.2) is 50.6 Å². The molecule has 2 aromatic carbocycles. The van der Waals surface area contributed by atoms with Crippen molar-refractivity contribution in [2.45, 2.75) is 12.8 Å². The number of nitrogens with zero attached hydrogens (tertiary/aromatic N) is 1. The van der Waals surface area contributed by atoms with Crippen molar-refractivity contribution in [2.75, 3.05) is 39.2 Å². The summed E-state index contributed by atoms with van der Waals surface area (Å²) in [6, 6.07) is 9.02. The second-order valence-electron chi connectivity index (χ2n) is 7.26. The molecule has 6 nitrogen and oxygen atoms in total. The molecule has 1 fully saturated rings. The Morgan fingerprint density at radius 2 is 2.00 bits per heavy atom. The molecule has 1 N–H and O–H groups in total. The van der Waals surface area contributed by atoms with Gasteiger partial charge in [-0.05, 0) is 36.2 Å². The zero-order chi connectivity index (χ0) is 21.8. The normalized spacial score (nSPS) is 18.6. The van der Waals surface area contributed by atoms with Gasteiger partial charge in [-0.15, -0.1) is 0 Å². The quantitative estimate of drug-likeness (QED) is 0.554. The number of anilines is 1. The molecule has 1 aliphatic rings. The summed E-state index contributed by atoms with van der Waals surface area (Å²) in [5.74, 6) is -4.17. The van der Waals surface area contributed by atoms with Crippen molar-refractivity contribution in [1.82, 2.24) is 4.90 Å². The van der Waals surface area contributed by atoms with E-state index in [0.29, 0.717) is 25.5 Å². The van der Waals surface area contributed by atoms with Gasteiger partial charge in [-0.25, -0.2) is 8.78 Å². The average Bonchev–Trinajstić information content (AvgIpc) is 3.02. The summed E-state index contributed by atoms with van der Waals surface area (Å²) in [6.45, 7) is 3.02. The first-order valence-corrected chi connectivity index (χ1v) is 9.55. The maximum Gasteiger partial charge on any atom is 0.237 e. The van der Waals surface area contributed by atoms with E-state index in [0.717, 1.165) is 17.2 Å². The van der Waals surface area contributed by atoms with Crippen LogP contribution in [0.2, 0.25) is 0 Å². The molecule has 2 aromatic rings. The first-order valence-electron chi connectivity index (χ1n) is 9.55. The van der Waals surface area contributed by atoms with Gasteiger partial charge in [0, 0.05) is 26.6 Å². The predicted molar refractivity (Wildman–Crippen MR) is 107 cm³/mol. The van der Waals surface area contributed by atoms with Gasteiger partial charge in [-0.3, -0.25) is 9.59 Å². The zero-order valence-corrected chi connectivity index (χ0v) is 17.1. The molecule has 3 rings (SSSR count). The monoisotopic (exact) mass is 418 g/mol. The maximum atomic E-state index is 14.0. The van der Waals surface area contributed by atoms with E-state index in [2.05, 4.69) is 5.32 Å². The third kappa shape index (κ3) is 4.43. The number of aryl methyl sites for hydroxylation is 1. The minimum absolute atomic E-state index is 0.298. The highest BCUT2D eigenvalue weighted by molar-refractivity contribution is 6.08. The van der Waals surface area contributed by atoms with Crippen LogP contribution < -0.4 is 10.1 Å². The van der Waals surface area contributed by atoms with Crippen molar-refractivity contribution in [2.24, 2.45) is 5.92 Å². The van der Waals surface area contributed by atoms with Gasteiger partial charge in [0.15, 0.2) is 11.6 Å². The lowest BCUT2D eigenvalue weighted by atomic mass is 9.87. The van der Waals surface area contributed by atoms with Crippen LogP contribution in [0.15, 0.2) is 36.4 Å². The Morgan fingerprint density at radius 3 is 2.73 bits per heavy atom. The number of ether oxygens (including phenoxy) is 2. The largest absolute Gasteiger partial charge is 0.491 e. The Balaban J connectivity index is 1.86. The number of rotatable bonds is 7. The van der Waals surface area contributed by atoms with Crippen LogP contribution in [0.4, 0.5) is 14.5 Å². The molecule has 160 valence electrons. The molecule has 2 amide bonds. The number of halogens is 2. The standard InChI is InChI=1S/C22H24F2N2O4/c1-13-7-8-14(11-18(13)30-10-9-29-3)15-12-26(2)22(28)19(15)21(27)25-17-6-4-5-16(23)20(17)24/h4-8,11,15,19H,9-10,12H2,1-3H3,(H,25,27)/t15-,19+/m0/s1. The summed E-state index contributed by atoms with van der Waals surface area (Å²) in [5, 5.41) is 2.36. The van der Waals surface area contributed by atoms with Crippen LogP contribution in [0, 0.1) is 24.5 Å². The number of benzene rings is 2. The summed E-state index contributed by atoms with van der Waals surface area (Å²) in [7, 11) is 3.19. The van der Waals surface area contributed by atoms with Crippen LogP contribution in [-0.2, 0) is 14.3 Å². The summed E-state index contributed by atoms with van der Waals surface area (Å²) in [5.41, 5.74) is 1.37. The highest BCUT2D eigenvalue weighted by atomic mass is 19.2. The highest BCUT2D eigenvalue weighted by Crippen LogP contribution is 2.36. The number of carbonyl (C=O) groups is 2. The SMILES string of the molecule is COCCOc1cc([C@@H]2CN(C)C(=O)[C@H]2C(=O)Nc2cccc(F)c2F)ccc1C. The zero-order valence-electron chi connectivity index (χ0n) is 17.1. The molecule has 0 bridgehead atoms. The molecule has 0 aromatic heterocycles. The van der Waals surface area contributed by atoms with E-state index in [4.69, 9.17) is 9.47 Å². The van der Waals surface area contributed by atoms with Crippen LogP contribution in [0.25, 0.3) is 0 Å². The molecule has 30 heavy (non-hydrogen) atoms. The topological polar surface area (TPSA) is 67.9 Å². The molecular formula is C22H24F2N2O4. The molecule has 0 unspecified atom stereocenters. The minimum atomic E-state index is -1.16. The number of methoxy groups -OCH3 is 1. The Bertz CT molecular complexity index is 951. The van der Waals surface area contributed by atoms with Crippen LogP contribution >= 0.6 is 0 Å². The molecule has 0 radical (unpaired) electrons. The fraction of sp³-hybridized carbons (Fsp3) is 0.364. The average molecular weight is 418 g/mol. The van der Waals surface area contributed by atoms with Crippen molar-refractivity contribution in [3.05, 3.63) is 59.2 Å². The van der Waals surface area contributed by atoms with Gasteiger partial charge in [0.05, 0.1) is 12.3 Å². The first-order chi connectivity index (χ1) is 14.3. The third-order valence-corrected chi connectivity index (χ3v) is 5.19. The second kappa shape index (κ2) is 9.21. The van der Waals surface area contributed by atoms with Gasteiger partial charge in [-0.1, -0.05) is 18.2 Å². The van der Waals surface area contributed by atoms with Crippen molar-refractivity contribution < 1.29 is 27.8 Å². The lowest BCUT2D eigenvalue weighted by Gasteiger charge is -2.19. The van der Waals surface area contributed by atoms with Gasteiger partial charge in [-0.2, -0.15) is 0 Å². The van der Waals surface area contributed by atoms with E-state index in [1.165, 1.54) is 17.0 Å². The number of amides is 2. The summed E-state index contributed by atoms with van der Waals surface area (Å²) in [4.78, 5) is 27.0. The maximum absolute atomic E-state index is 14.0. The number of likely N-dealkylation sites (N-methyl/N-ethyl adjacent to an activating group) is 1. The lowest BCUT2D eigenvalue weighted by Crippen LogP contribution is -2.33. The fourth-order valence-electron chi connectivity index (χ4n) is 3.54. The van der Waals surface area contributed by atoms with Crippen molar-refractivity contribution in [1.29, 1.82) is 0 Å². The Morgan fingerprint density at radius 1 is 1.23 bits per heavy atom. The number of hydrogen-bond acceptors (Lipinski definition) is 4. The summed E-state index contributed by atoms with van der Waals surface area (Å²) in [6.07, 6.45) is 0. The van der Waals surface area contributed by atoms with E-state index < -0.39 is 29.4 Å². The fourth-order valence-corrected chi connectivity index (χ4v) is 3.54. The van der Waals surface area contributed by atoms with E-state index >= 15 is 0 Å². The van der Waals surface area contributed by atoms with Crippen molar-refractivity contribution >= 4 is 17.5 Å². The molecule has 0 spiro atoms. The lowest BCUT2D eigenvalue weighted by molar-refractivity contribution is -0.135. The second-order valence-corrected chi connectivity index (χ2v) is 7.26. The number of likely N-dealkylation sites (tertiary alicyclic amines) is 1. The third-order valence-electron chi connectivity index (χ3n) is 5.19. The van der Waals surface area contributed by atoms with Crippen LogP contribution in [0.1, 0.15) is 17.0 Å². The predicted octanol–water partition coefficient (Wildman–Crippen LogP) is 3.11. The molecule has 2 atom stereocenters. The van der Waals surface area contributed by atoms with Gasteiger partial charge < -0.3 is 19.7 Å². The molecule has 1 heterocycles. The van der Waals surface area contributed by atoms with Gasteiger partial charge in [0.1, 0.15) is 18.3 Å². The Labute approximate surface area is 173 Å². The molecule has 1 aliphatic heterocycles. The Hall–Kier alpha value is -3.00. The molecule has 0 saturated carbocycles. The molecule has 8 heteroatoms. The number of hydrogen-bond donors (Lipinski definition) is 1. The van der Waals surface area contributed by atoms with Crippen LogP contribution in [0.5, 0.6) is 5.75 Å². The Kier molecular flexibility index (Phi) is 6.66. The van der Waals surface area contributed by atoms with E-state index in [-0.39, 0.29) is 11.6 Å². The number of nitrogens with one attached hydrogen (secondary N) is 1. The molecule has 1 saturated heterocycles. The van der Waals surface area contributed by atoms with Gasteiger partial charge in [0.25, 0.3) is 0 Å². The van der Waals surface area contributed by atoms with Crippen LogP contribution in [0.3, 0.4) is 0 Å². The van der Waals surface area contributed by atoms with Gasteiger partial charge in [0.2, 0.25) is 11.8 Å². The van der Waals surface area contributed by atoms with Gasteiger partial charge >= 0.3 is 0 Å². The van der Waals surface area contributed by atoms with Crippen molar-refractivity contribution in [3.8, 4) is 5.75 Å². The van der Waals surface area contributed by atoms with Crippen molar-refractivity contribution in [3.63, 3.8) is 0 Å².